The fourth-order valence-corrected chi connectivity index (χ4v) is 6.10. The van der Waals surface area contributed by atoms with Crippen molar-refractivity contribution in [3.05, 3.63) is 45.6 Å². The molecule has 9 nitrogen and oxygen atoms in total. The van der Waals surface area contributed by atoms with E-state index in [1.807, 2.05) is 20.0 Å². The third-order valence-corrected chi connectivity index (χ3v) is 7.90. The van der Waals surface area contributed by atoms with Crippen LogP contribution >= 0.6 is 0 Å². The van der Waals surface area contributed by atoms with E-state index < -0.39 is 11.3 Å². The number of nitrogens with one attached hydrogen (secondary N) is 1. The minimum atomic E-state index is -4.48. The van der Waals surface area contributed by atoms with Crippen LogP contribution in [-0.2, 0) is 17.5 Å². The van der Waals surface area contributed by atoms with Gasteiger partial charge in [-0.3, -0.25) is 9.36 Å². The normalized spacial score (nSPS) is 23.1. The molecule has 1 aliphatic heterocycles. The Hall–Kier alpha value is -3.15. The van der Waals surface area contributed by atoms with Crippen molar-refractivity contribution in [2.24, 2.45) is 22.6 Å². The number of likely N-dealkylation sites (tertiary alicyclic amines) is 1. The van der Waals surface area contributed by atoms with Crippen molar-refractivity contribution < 1.29 is 23.0 Å². The summed E-state index contributed by atoms with van der Waals surface area (Å²) in [5, 5.41) is 10.3. The van der Waals surface area contributed by atoms with E-state index in [2.05, 4.69) is 9.89 Å². The molecule has 1 aromatic heterocycles. The number of aliphatic imine (C=N–C) groups is 1. The van der Waals surface area contributed by atoms with Gasteiger partial charge in [0, 0.05) is 49.0 Å². The monoisotopic (exact) mass is 522 g/mol. The van der Waals surface area contributed by atoms with Gasteiger partial charge in [0.15, 0.2) is 5.03 Å². The van der Waals surface area contributed by atoms with Gasteiger partial charge in [-0.2, -0.15) is 0 Å². The molecule has 1 aliphatic carbocycles. The van der Waals surface area contributed by atoms with Crippen LogP contribution in [0.1, 0.15) is 56.1 Å². The summed E-state index contributed by atoms with van der Waals surface area (Å²) in [4.78, 5) is 29.8. The number of ketones is 1. The molecule has 1 fully saturated rings. The Morgan fingerprint density at radius 2 is 2.14 bits per heavy atom. The molecule has 2 heterocycles. The molecule has 2 aliphatic rings. The molecule has 3 N–H and O–H groups in total. The van der Waals surface area contributed by atoms with Crippen LogP contribution in [0.5, 0.6) is 0 Å². The van der Waals surface area contributed by atoms with Crippen molar-refractivity contribution in [2.45, 2.75) is 63.7 Å². The van der Waals surface area contributed by atoms with Gasteiger partial charge in [0.05, 0.1) is 5.52 Å². The first kappa shape index (κ1) is 26.9. The van der Waals surface area contributed by atoms with Gasteiger partial charge in [0.2, 0.25) is 0 Å². The number of piperidine rings is 1. The zero-order valence-corrected chi connectivity index (χ0v) is 21.0. The molecule has 202 valence electrons. The zero-order valence-electron chi connectivity index (χ0n) is 21.0. The number of nitrogens with two attached hydrogens (primary N) is 1. The molecule has 0 saturated carbocycles. The lowest BCUT2D eigenvalue weighted by molar-refractivity contribution is -0.525. The second-order valence-corrected chi connectivity index (χ2v) is 10.2. The Kier molecular flexibility index (Phi) is 7.77. The number of aromatic nitrogens is 1. The smallest absolute Gasteiger partial charge is 0.365 e. The largest absolute Gasteiger partial charge is 0.488 e. The number of alkyl halides is 3. The molecule has 4 atom stereocenters. The first-order valence-electron chi connectivity index (χ1n) is 12.6. The van der Waals surface area contributed by atoms with E-state index in [0.717, 1.165) is 18.4 Å². The zero-order chi connectivity index (χ0) is 26.9. The molecule has 1 saturated heterocycles. The molecular weight excluding hydrogens is 489 g/mol. The third-order valence-electron chi connectivity index (χ3n) is 7.90. The summed E-state index contributed by atoms with van der Waals surface area (Å²) >= 11 is 0. The van der Waals surface area contributed by atoms with Gasteiger partial charge in [-0.05, 0) is 55.8 Å². The molecule has 0 spiro atoms. The fourth-order valence-electron chi connectivity index (χ4n) is 6.10. The number of carbonyl (C=O) groups is 1. The fraction of sp³-hybridized carbons (Fsp3) is 0.600. The minimum Gasteiger partial charge on any atom is -0.365 e. The number of hydrogen-bond donors (Lipinski definition) is 2. The first-order valence-corrected chi connectivity index (χ1v) is 12.6. The summed E-state index contributed by atoms with van der Waals surface area (Å²) < 4.78 is 41.4. The van der Waals surface area contributed by atoms with Gasteiger partial charge in [0.25, 0.3) is 5.96 Å². The van der Waals surface area contributed by atoms with Gasteiger partial charge in [-0.15, -0.1) is 13.2 Å². The highest BCUT2D eigenvalue weighted by Gasteiger charge is 2.43. The van der Waals surface area contributed by atoms with Gasteiger partial charge < -0.3 is 10.6 Å². The van der Waals surface area contributed by atoms with Crippen LogP contribution in [0.25, 0.3) is 10.9 Å². The molecule has 2 aromatic rings. The average molecular weight is 523 g/mol. The first-order chi connectivity index (χ1) is 17.5. The van der Waals surface area contributed by atoms with Crippen LogP contribution in [0.4, 0.5) is 13.2 Å². The predicted molar refractivity (Wildman–Crippen MR) is 133 cm³/mol. The molecule has 1 unspecified atom stereocenters. The van der Waals surface area contributed by atoms with E-state index in [-0.39, 0.29) is 41.1 Å². The van der Waals surface area contributed by atoms with Gasteiger partial charge in [-0.25, -0.2) is 15.1 Å². The van der Waals surface area contributed by atoms with Crippen LogP contribution in [0.3, 0.4) is 0 Å². The van der Waals surface area contributed by atoms with Crippen LogP contribution in [0, 0.1) is 22.0 Å². The highest BCUT2D eigenvalue weighted by atomic mass is 19.4. The maximum absolute atomic E-state index is 13.7. The summed E-state index contributed by atoms with van der Waals surface area (Å²) in [5.41, 5.74) is 9.03. The number of hydrogen-bond acceptors (Lipinski definition) is 5. The molecule has 1 aromatic carbocycles. The lowest BCUT2D eigenvalue weighted by atomic mass is 9.71. The second-order valence-electron chi connectivity index (χ2n) is 10.2. The Labute approximate surface area is 213 Å². The van der Waals surface area contributed by atoms with Gasteiger partial charge >= 0.3 is 6.30 Å². The summed E-state index contributed by atoms with van der Waals surface area (Å²) in [6.45, 7) is 2.95. The number of hydrazine groups is 1. The molecule has 4 rings (SSSR count). The molecule has 0 bridgehead atoms. The molecule has 12 heteroatoms. The van der Waals surface area contributed by atoms with Gasteiger partial charge in [-0.1, -0.05) is 30.9 Å². The highest BCUT2D eigenvalue weighted by Crippen LogP contribution is 2.46. The topological polar surface area (TPSA) is 119 Å². The average Bonchev–Trinajstić information content (AvgIpc) is 3.21. The Bertz CT molecular complexity index is 1190. The lowest BCUT2D eigenvalue weighted by Crippen LogP contribution is -2.49. The number of rotatable bonds is 9. The van der Waals surface area contributed by atoms with Crippen molar-refractivity contribution in [3.63, 3.8) is 0 Å². The van der Waals surface area contributed by atoms with E-state index in [4.69, 9.17) is 5.73 Å². The maximum Gasteiger partial charge on any atom is 0.488 e. The number of halogens is 3. The quantitative estimate of drug-likeness (QED) is 0.169. The summed E-state index contributed by atoms with van der Waals surface area (Å²) in [7, 11) is 1.96. The van der Waals surface area contributed by atoms with E-state index in [0.29, 0.717) is 54.3 Å². The van der Waals surface area contributed by atoms with Crippen molar-refractivity contribution in [1.29, 1.82) is 0 Å². The second kappa shape index (κ2) is 10.7. The third kappa shape index (κ3) is 5.73. The molecule has 37 heavy (non-hydrogen) atoms. The number of nitrogens with zero attached hydrogens (tertiary/aromatic N) is 4. The van der Waals surface area contributed by atoms with Crippen molar-refractivity contribution >= 4 is 22.6 Å². The van der Waals surface area contributed by atoms with Gasteiger partial charge in [0.1, 0.15) is 5.78 Å². The molecule has 0 radical (unpaired) electrons. The van der Waals surface area contributed by atoms with Crippen LogP contribution in [0.15, 0.2) is 29.4 Å². The molecule has 0 amide bonds. The van der Waals surface area contributed by atoms with Crippen LogP contribution in [-0.4, -0.2) is 52.4 Å². The Morgan fingerprint density at radius 3 is 2.81 bits per heavy atom. The summed E-state index contributed by atoms with van der Waals surface area (Å²) in [6.07, 6.45) is 0.566. The number of carbonyl (C=O) groups excluding carboxylic acids is 1. The maximum atomic E-state index is 13.7. The minimum absolute atomic E-state index is 0.000493. The van der Waals surface area contributed by atoms with E-state index in [9.17, 15) is 28.1 Å². The Balaban J connectivity index is 1.44. The van der Waals surface area contributed by atoms with E-state index in [1.54, 1.807) is 11.5 Å². The number of nitro groups is 1. The van der Waals surface area contributed by atoms with E-state index in [1.165, 1.54) is 12.3 Å². The lowest BCUT2D eigenvalue weighted by Gasteiger charge is -2.45. The van der Waals surface area contributed by atoms with Crippen molar-refractivity contribution in [1.82, 2.24) is 14.9 Å². The summed E-state index contributed by atoms with van der Waals surface area (Å²) in [6, 6.07) is 5.17. The predicted octanol–water partition coefficient (Wildman–Crippen LogP) is 3.94. The Morgan fingerprint density at radius 1 is 1.38 bits per heavy atom. The highest BCUT2D eigenvalue weighted by molar-refractivity contribution is 5.89. The number of fused-ring (bicyclic) bond motifs is 2. The number of Topliss-reactive ketones (excluding diaryl/α,β-unsaturated/α-hetero) is 1. The molecular formula is C25H33F3N6O3. The number of benzene rings is 1. The van der Waals surface area contributed by atoms with E-state index >= 15 is 0 Å². The summed E-state index contributed by atoms with van der Waals surface area (Å²) in [5.74, 6) is -0.0805. The van der Waals surface area contributed by atoms with Crippen LogP contribution in [0.2, 0.25) is 0 Å². The number of guanidine groups is 1. The van der Waals surface area contributed by atoms with Crippen molar-refractivity contribution in [3.8, 4) is 0 Å². The standard InChI is InChI=1S/C25H33F3N6O3/c1-3-15(6-5-9-30-24(29)31-34(36)37)10-22(35)16-11-19-18-7-4-8-20-23(18)17(12-21(19)32(2)13-16)14-33(20)25(26,27)28/h4,7-8,14-16,19,21H,3,5-6,9-13H2,1-2H3,(H3,29,30,31)/t15-,16?,19-,21-/m1/s1. The SMILES string of the molecule is CC[C@H](CCCN=C(N)N[N+](=O)[O-])CC(=O)C1C[C@@H]2c3cccc4c3c(cn4C(F)(F)F)C[C@H]2N(C)C1. The van der Waals surface area contributed by atoms with Crippen LogP contribution < -0.4 is 11.2 Å². The number of likely N-dealkylation sites (N-methyl/N-ethyl adjacent to an activating group) is 1. The van der Waals surface area contributed by atoms with Crippen molar-refractivity contribution in [2.75, 3.05) is 20.1 Å².